The quantitative estimate of drug-likeness (QED) is 0.156. The molecule has 0 N–H and O–H groups in total. The minimum absolute atomic E-state index is 0.232. The maximum absolute atomic E-state index is 2.50. The van der Waals surface area contributed by atoms with E-state index < -0.39 is 0 Å². The lowest BCUT2D eigenvalue weighted by Gasteiger charge is -2.42. The molecule has 0 atom stereocenters. The number of para-hydroxylation sites is 6. The van der Waals surface area contributed by atoms with Crippen molar-refractivity contribution >= 4 is 82.5 Å². The molecule has 12 aromatic carbocycles. The fraction of sp³-hybridized carbons (Fsp3) is 0.0400. The van der Waals surface area contributed by atoms with E-state index in [0.29, 0.717) is 0 Å². The Kier molecular flexibility index (Phi) is 9.95. The monoisotopic (exact) mass is 1010 g/mol. The van der Waals surface area contributed by atoms with Crippen molar-refractivity contribution in [2.24, 2.45) is 0 Å². The third-order valence-corrected chi connectivity index (χ3v) is 17.0. The van der Waals surface area contributed by atoms with Crippen molar-refractivity contribution in [3.8, 4) is 50.4 Å². The van der Waals surface area contributed by atoms with Crippen LogP contribution in [0, 0.1) is 0 Å². The van der Waals surface area contributed by atoms with Crippen LogP contribution in [0.3, 0.4) is 0 Å². The molecule has 4 heteroatoms. The fourth-order valence-electron chi connectivity index (χ4n) is 13.3. The second kappa shape index (κ2) is 17.4. The number of aromatic nitrogens is 3. The van der Waals surface area contributed by atoms with Gasteiger partial charge in [-0.2, -0.15) is 0 Å². The van der Waals surface area contributed by atoms with Crippen LogP contribution in [0.4, 0.5) is 17.1 Å². The van der Waals surface area contributed by atoms with E-state index >= 15 is 0 Å². The van der Waals surface area contributed by atoms with Crippen LogP contribution in [0.2, 0.25) is 0 Å². The maximum Gasteiger partial charge on any atom is 0.0547 e. The lowest BCUT2D eigenvalue weighted by Crippen LogP contribution is -2.30. The Labute approximate surface area is 458 Å². The average molecular weight is 1010 g/mol. The first-order valence-electron chi connectivity index (χ1n) is 27.4. The number of anilines is 3. The maximum atomic E-state index is 2.50. The third-order valence-electron chi connectivity index (χ3n) is 17.0. The highest BCUT2D eigenvalue weighted by Crippen LogP contribution is 2.53. The van der Waals surface area contributed by atoms with Gasteiger partial charge in [0.05, 0.1) is 44.5 Å². The lowest BCUT2D eigenvalue weighted by atomic mass is 9.73. The predicted molar refractivity (Wildman–Crippen MR) is 333 cm³/mol. The minimum Gasteiger partial charge on any atom is -0.310 e. The highest BCUT2D eigenvalue weighted by atomic mass is 15.2. The zero-order valence-electron chi connectivity index (χ0n) is 43.8. The fourth-order valence-corrected chi connectivity index (χ4v) is 13.3. The Balaban J connectivity index is 0.814. The smallest absolute Gasteiger partial charge is 0.0547 e. The van der Waals surface area contributed by atoms with Crippen molar-refractivity contribution < 1.29 is 0 Å². The van der Waals surface area contributed by atoms with Crippen LogP contribution in [-0.4, -0.2) is 13.7 Å². The number of hydrogen-bond acceptors (Lipinski definition) is 1. The summed E-state index contributed by atoms with van der Waals surface area (Å²) >= 11 is 0. The van der Waals surface area contributed by atoms with Crippen LogP contribution in [0.5, 0.6) is 0 Å². The molecule has 15 aromatic rings. The van der Waals surface area contributed by atoms with E-state index in [-0.39, 0.29) is 5.41 Å². The van der Waals surface area contributed by atoms with E-state index in [1.54, 1.807) is 0 Å². The molecular weight excluding hydrogens is 957 g/mol. The van der Waals surface area contributed by atoms with Gasteiger partial charge in [0, 0.05) is 60.5 Å². The summed E-state index contributed by atoms with van der Waals surface area (Å²) in [5.74, 6) is 0. The Bertz CT molecular complexity index is 4880. The van der Waals surface area contributed by atoms with Gasteiger partial charge in [0.15, 0.2) is 0 Å². The molecule has 0 unspecified atom stereocenters. The molecule has 0 spiro atoms. The molecule has 1 aliphatic heterocycles. The van der Waals surface area contributed by atoms with E-state index in [2.05, 4.69) is 312 Å². The molecule has 0 amide bonds. The summed E-state index contributed by atoms with van der Waals surface area (Å²) < 4.78 is 7.24. The standard InChI is InChI=1S/C75H52N4/c1-75(2)65-30-12-16-34-72(65)79(58-26-18-25-57(48-58)78-67-31-13-9-27-59(67)60-28-10-14-32-68(60)78)74-47-54(36-40-66(74)75)53-35-39-62-64-45-52(38-42-71(64)77(73(62)46-53)56-23-7-4-8-24-56)50-20-17-19-49(43-50)51-37-41-70-63(44-51)61-29-11-15-33-69(61)76(70)55-21-5-3-6-22-55/h3-48H,1-2H3. The largest absolute Gasteiger partial charge is 0.310 e. The number of fused-ring (bicyclic) bond motifs is 11. The minimum atomic E-state index is -0.232. The molecular formula is C75H52N4. The molecule has 16 rings (SSSR count). The van der Waals surface area contributed by atoms with Gasteiger partial charge in [-0.05, 0) is 154 Å². The van der Waals surface area contributed by atoms with E-state index in [4.69, 9.17) is 0 Å². The second-order valence-electron chi connectivity index (χ2n) is 21.7. The SMILES string of the molecule is CC1(C)c2ccccc2N(c2cccc(-n3c4ccccc4c4ccccc43)c2)c2cc(-c3ccc4c5cc(-c6cccc(-c7ccc8c(c7)c7ccccc7n8-c7ccccc7)c6)ccc5n(-c5ccccc5)c4c3)ccc21. The molecule has 3 aromatic heterocycles. The van der Waals surface area contributed by atoms with Gasteiger partial charge in [-0.3, -0.25) is 0 Å². The molecule has 0 saturated heterocycles. The third kappa shape index (κ3) is 6.94. The molecule has 79 heavy (non-hydrogen) atoms. The van der Waals surface area contributed by atoms with Gasteiger partial charge in [-0.15, -0.1) is 0 Å². The van der Waals surface area contributed by atoms with Crippen LogP contribution in [0.25, 0.3) is 116 Å². The van der Waals surface area contributed by atoms with Crippen molar-refractivity contribution in [1.82, 2.24) is 13.7 Å². The van der Waals surface area contributed by atoms with Crippen LogP contribution in [-0.2, 0) is 5.41 Å². The van der Waals surface area contributed by atoms with E-state index in [9.17, 15) is 0 Å². The van der Waals surface area contributed by atoms with Gasteiger partial charge in [0.1, 0.15) is 0 Å². The highest BCUT2D eigenvalue weighted by Gasteiger charge is 2.37. The van der Waals surface area contributed by atoms with Crippen LogP contribution >= 0.6 is 0 Å². The average Bonchev–Trinajstić information content (AvgIpc) is 4.31. The Morgan fingerprint density at radius 3 is 1.27 bits per heavy atom. The van der Waals surface area contributed by atoms with Gasteiger partial charge >= 0.3 is 0 Å². The molecule has 372 valence electrons. The number of rotatable bonds is 7. The topological polar surface area (TPSA) is 18.0 Å². The van der Waals surface area contributed by atoms with E-state index in [0.717, 1.165) is 17.1 Å². The summed E-state index contributed by atoms with van der Waals surface area (Å²) in [7, 11) is 0. The predicted octanol–water partition coefficient (Wildman–Crippen LogP) is 20.1. The van der Waals surface area contributed by atoms with Gasteiger partial charge < -0.3 is 18.6 Å². The first-order chi connectivity index (χ1) is 38.9. The Morgan fingerprint density at radius 2 is 0.633 bits per heavy atom. The summed E-state index contributed by atoms with van der Waals surface area (Å²) in [5, 5.41) is 7.46. The van der Waals surface area contributed by atoms with Crippen molar-refractivity contribution in [2.45, 2.75) is 19.3 Å². The molecule has 0 saturated carbocycles. The summed E-state index contributed by atoms with van der Waals surface area (Å²) in [6.07, 6.45) is 0. The number of nitrogens with zero attached hydrogens (tertiary/aromatic N) is 4. The first-order valence-corrected chi connectivity index (χ1v) is 27.4. The van der Waals surface area contributed by atoms with E-state index in [1.165, 1.54) is 127 Å². The molecule has 0 aliphatic carbocycles. The summed E-state index contributed by atoms with van der Waals surface area (Å²) in [6, 6.07) is 103. The van der Waals surface area contributed by atoms with Crippen LogP contribution in [0.15, 0.2) is 279 Å². The second-order valence-corrected chi connectivity index (χ2v) is 21.7. The Morgan fingerprint density at radius 1 is 0.228 bits per heavy atom. The zero-order chi connectivity index (χ0) is 52.3. The van der Waals surface area contributed by atoms with Crippen LogP contribution in [0.1, 0.15) is 25.0 Å². The molecule has 4 heterocycles. The van der Waals surface area contributed by atoms with Gasteiger partial charge in [-0.1, -0.05) is 184 Å². The first kappa shape index (κ1) is 45.1. The lowest BCUT2D eigenvalue weighted by molar-refractivity contribution is 0.632. The van der Waals surface area contributed by atoms with Gasteiger partial charge in [-0.25, -0.2) is 0 Å². The summed E-state index contributed by atoms with van der Waals surface area (Å²) in [6.45, 7) is 4.74. The van der Waals surface area contributed by atoms with Crippen molar-refractivity contribution in [3.05, 3.63) is 290 Å². The highest BCUT2D eigenvalue weighted by molar-refractivity contribution is 6.13. The van der Waals surface area contributed by atoms with Crippen molar-refractivity contribution in [3.63, 3.8) is 0 Å². The molecule has 0 fully saturated rings. The summed E-state index contributed by atoms with van der Waals surface area (Å²) in [4.78, 5) is 2.50. The normalized spacial score (nSPS) is 13.0. The zero-order valence-corrected chi connectivity index (χ0v) is 43.8. The summed E-state index contributed by atoms with van der Waals surface area (Å²) in [5.41, 5.74) is 23.6. The molecule has 0 radical (unpaired) electrons. The molecule has 4 nitrogen and oxygen atoms in total. The number of hydrogen-bond donors (Lipinski definition) is 0. The van der Waals surface area contributed by atoms with Gasteiger partial charge in [0.25, 0.3) is 0 Å². The van der Waals surface area contributed by atoms with E-state index in [1.807, 2.05) is 0 Å². The van der Waals surface area contributed by atoms with Crippen molar-refractivity contribution in [1.29, 1.82) is 0 Å². The molecule has 0 bridgehead atoms. The van der Waals surface area contributed by atoms with Crippen molar-refractivity contribution in [2.75, 3.05) is 4.90 Å². The van der Waals surface area contributed by atoms with Crippen LogP contribution < -0.4 is 4.90 Å². The number of benzene rings is 12. The van der Waals surface area contributed by atoms with Gasteiger partial charge in [0.2, 0.25) is 0 Å². The Hall–Kier alpha value is -10.2. The molecule has 1 aliphatic rings.